The SMILES string of the molecule is CCc1nc2c(F)cc(F)c(Br)c2c(Cl)c1C. The van der Waals surface area contributed by atoms with Crippen molar-refractivity contribution in [3.63, 3.8) is 0 Å². The molecule has 0 radical (unpaired) electrons. The molecule has 2 rings (SSSR count). The average molecular weight is 321 g/mol. The first-order valence-electron chi connectivity index (χ1n) is 5.09. The van der Waals surface area contributed by atoms with E-state index in [2.05, 4.69) is 20.9 Å². The number of hydrogen-bond donors (Lipinski definition) is 0. The minimum absolute atomic E-state index is 0.103. The van der Waals surface area contributed by atoms with Crippen molar-refractivity contribution in [2.24, 2.45) is 0 Å². The van der Waals surface area contributed by atoms with Gasteiger partial charge in [0.05, 0.1) is 9.50 Å². The number of aromatic nitrogens is 1. The highest BCUT2D eigenvalue weighted by molar-refractivity contribution is 9.10. The van der Waals surface area contributed by atoms with Crippen LogP contribution < -0.4 is 0 Å². The number of hydrogen-bond acceptors (Lipinski definition) is 1. The molecule has 0 bridgehead atoms. The third kappa shape index (κ3) is 1.93. The van der Waals surface area contributed by atoms with Crippen LogP contribution in [-0.2, 0) is 6.42 Å². The second-order valence-electron chi connectivity index (χ2n) is 3.73. The van der Waals surface area contributed by atoms with E-state index >= 15 is 0 Å². The van der Waals surface area contributed by atoms with E-state index in [0.29, 0.717) is 16.8 Å². The molecular weight excluding hydrogens is 311 g/mol. The van der Waals surface area contributed by atoms with E-state index in [-0.39, 0.29) is 9.99 Å². The van der Waals surface area contributed by atoms with Gasteiger partial charge in [-0.15, -0.1) is 0 Å². The minimum atomic E-state index is -0.697. The normalized spacial score (nSPS) is 11.2. The van der Waals surface area contributed by atoms with Crippen molar-refractivity contribution in [1.82, 2.24) is 4.98 Å². The average Bonchev–Trinajstić information content (AvgIpc) is 2.29. The first-order valence-corrected chi connectivity index (χ1v) is 6.26. The van der Waals surface area contributed by atoms with Crippen molar-refractivity contribution in [3.05, 3.63) is 38.5 Å². The fourth-order valence-electron chi connectivity index (χ4n) is 1.77. The molecule has 1 aromatic carbocycles. The molecular formula is C12H9BrClF2N. The lowest BCUT2D eigenvalue weighted by molar-refractivity contribution is 0.586. The number of pyridine rings is 1. The summed E-state index contributed by atoms with van der Waals surface area (Å²) < 4.78 is 27.3. The Balaban J connectivity index is 3.01. The van der Waals surface area contributed by atoms with Crippen LogP contribution in [0.1, 0.15) is 18.2 Å². The lowest BCUT2D eigenvalue weighted by Crippen LogP contribution is -1.98. The predicted molar refractivity (Wildman–Crippen MR) is 68.5 cm³/mol. The van der Waals surface area contributed by atoms with Crippen LogP contribution in [0.2, 0.25) is 5.02 Å². The summed E-state index contributed by atoms with van der Waals surface area (Å²) in [5.41, 5.74) is 1.58. The molecule has 1 nitrogen and oxygen atoms in total. The van der Waals surface area contributed by atoms with E-state index in [1.807, 2.05) is 6.92 Å². The van der Waals surface area contributed by atoms with Gasteiger partial charge in [0.1, 0.15) is 11.3 Å². The number of fused-ring (bicyclic) bond motifs is 1. The second kappa shape index (κ2) is 4.50. The van der Waals surface area contributed by atoms with Gasteiger partial charge >= 0.3 is 0 Å². The lowest BCUT2D eigenvalue weighted by Gasteiger charge is -2.11. The summed E-state index contributed by atoms with van der Waals surface area (Å²) >= 11 is 9.24. The topological polar surface area (TPSA) is 12.9 Å². The Morgan fingerprint density at radius 3 is 2.59 bits per heavy atom. The predicted octanol–water partition coefficient (Wildman–Crippen LogP) is 4.80. The summed E-state index contributed by atoms with van der Waals surface area (Å²) in [6.07, 6.45) is 0.649. The van der Waals surface area contributed by atoms with Gasteiger partial charge in [-0.1, -0.05) is 18.5 Å². The van der Waals surface area contributed by atoms with Crippen LogP contribution in [0.5, 0.6) is 0 Å². The monoisotopic (exact) mass is 319 g/mol. The molecule has 1 aromatic heterocycles. The maximum absolute atomic E-state index is 13.7. The van der Waals surface area contributed by atoms with Crippen LogP contribution in [0, 0.1) is 18.6 Å². The number of halogens is 4. The van der Waals surface area contributed by atoms with Crippen molar-refractivity contribution < 1.29 is 8.78 Å². The minimum Gasteiger partial charge on any atom is -0.249 e. The standard InChI is InChI=1S/C12H9BrClF2N/c1-3-8-5(2)11(14)9-10(13)6(15)4-7(16)12(9)17-8/h4H,3H2,1-2H3. The van der Waals surface area contributed by atoms with Gasteiger partial charge in [-0.25, -0.2) is 13.8 Å². The Morgan fingerprint density at radius 1 is 1.35 bits per heavy atom. The van der Waals surface area contributed by atoms with Gasteiger partial charge in [0.2, 0.25) is 0 Å². The van der Waals surface area contributed by atoms with Crippen LogP contribution in [0.4, 0.5) is 8.78 Å². The fraction of sp³-hybridized carbons (Fsp3) is 0.250. The Labute approximate surface area is 111 Å². The molecule has 0 atom stereocenters. The molecule has 0 N–H and O–H groups in total. The highest BCUT2D eigenvalue weighted by atomic mass is 79.9. The van der Waals surface area contributed by atoms with Crippen LogP contribution in [-0.4, -0.2) is 4.98 Å². The van der Waals surface area contributed by atoms with Gasteiger partial charge in [-0.05, 0) is 34.8 Å². The maximum atomic E-state index is 13.7. The van der Waals surface area contributed by atoms with Gasteiger partial charge in [0.25, 0.3) is 0 Å². The summed E-state index contributed by atoms with van der Waals surface area (Å²) in [6, 6.07) is 0.810. The zero-order valence-electron chi connectivity index (χ0n) is 9.24. The van der Waals surface area contributed by atoms with E-state index in [9.17, 15) is 8.78 Å². The zero-order valence-corrected chi connectivity index (χ0v) is 11.6. The van der Waals surface area contributed by atoms with Crippen molar-refractivity contribution in [2.45, 2.75) is 20.3 Å². The Kier molecular flexibility index (Phi) is 3.36. The summed E-state index contributed by atoms with van der Waals surface area (Å²) in [6.45, 7) is 3.71. The Hall–Kier alpha value is -0.740. The maximum Gasteiger partial charge on any atom is 0.152 e. The van der Waals surface area contributed by atoms with E-state index < -0.39 is 11.6 Å². The van der Waals surface area contributed by atoms with Crippen molar-refractivity contribution in [1.29, 1.82) is 0 Å². The van der Waals surface area contributed by atoms with E-state index in [0.717, 1.165) is 17.3 Å². The quantitative estimate of drug-likeness (QED) is 0.688. The summed E-state index contributed by atoms with van der Waals surface area (Å²) in [7, 11) is 0. The largest absolute Gasteiger partial charge is 0.249 e. The highest BCUT2D eigenvalue weighted by Crippen LogP contribution is 2.36. The Bertz CT molecular complexity index is 613. The fourth-order valence-corrected chi connectivity index (χ4v) is 2.68. The van der Waals surface area contributed by atoms with Gasteiger partial charge in [-0.2, -0.15) is 0 Å². The van der Waals surface area contributed by atoms with Crippen molar-refractivity contribution >= 4 is 38.4 Å². The van der Waals surface area contributed by atoms with E-state index in [4.69, 9.17) is 11.6 Å². The van der Waals surface area contributed by atoms with E-state index in [1.54, 1.807) is 6.92 Å². The molecule has 0 unspecified atom stereocenters. The molecule has 90 valence electrons. The first-order chi connectivity index (χ1) is 7.97. The van der Waals surface area contributed by atoms with Crippen molar-refractivity contribution in [3.8, 4) is 0 Å². The van der Waals surface area contributed by atoms with Crippen molar-refractivity contribution in [2.75, 3.05) is 0 Å². The molecule has 0 saturated heterocycles. The molecule has 0 aliphatic heterocycles. The Morgan fingerprint density at radius 2 is 2.00 bits per heavy atom. The number of rotatable bonds is 1. The van der Waals surface area contributed by atoms with Gasteiger partial charge in [0.15, 0.2) is 5.82 Å². The van der Waals surface area contributed by atoms with Gasteiger partial charge in [0, 0.05) is 17.1 Å². The van der Waals surface area contributed by atoms with E-state index in [1.165, 1.54) is 0 Å². The molecule has 0 amide bonds. The summed E-state index contributed by atoms with van der Waals surface area (Å²) in [5.74, 6) is -1.38. The smallest absolute Gasteiger partial charge is 0.152 e. The molecule has 0 fully saturated rings. The summed E-state index contributed by atoms with van der Waals surface area (Å²) in [5, 5.41) is 0.635. The first kappa shape index (κ1) is 12.7. The van der Waals surface area contributed by atoms with Crippen LogP contribution in [0.15, 0.2) is 10.5 Å². The lowest BCUT2D eigenvalue weighted by atomic mass is 10.1. The third-order valence-corrected chi connectivity index (χ3v) is 3.96. The van der Waals surface area contributed by atoms with Crippen LogP contribution >= 0.6 is 27.5 Å². The molecule has 0 spiro atoms. The molecule has 0 saturated carbocycles. The van der Waals surface area contributed by atoms with Gasteiger partial charge in [-0.3, -0.25) is 0 Å². The number of aryl methyl sites for hydroxylation is 1. The zero-order chi connectivity index (χ0) is 12.7. The molecule has 0 aliphatic rings. The molecule has 17 heavy (non-hydrogen) atoms. The summed E-state index contributed by atoms with van der Waals surface area (Å²) in [4.78, 5) is 4.20. The number of nitrogens with zero attached hydrogens (tertiary/aromatic N) is 1. The molecule has 0 aliphatic carbocycles. The molecule has 5 heteroatoms. The second-order valence-corrected chi connectivity index (χ2v) is 4.90. The highest BCUT2D eigenvalue weighted by Gasteiger charge is 2.17. The molecule has 1 heterocycles. The number of benzene rings is 1. The van der Waals surface area contributed by atoms with Crippen LogP contribution in [0.25, 0.3) is 10.9 Å². The van der Waals surface area contributed by atoms with Crippen LogP contribution in [0.3, 0.4) is 0 Å². The van der Waals surface area contributed by atoms with Gasteiger partial charge < -0.3 is 0 Å². The molecule has 2 aromatic rings. The third-order valence-electron chi connectivity index (χ3n) is 2.71.